The normalized spacial score (nSPS) is 17.7. The van der Waals surface area contributed by atoms with Gasteiger partial charge in [0.05, 0.1) is 11.2 Å². The first-order valence-electron chi connectivity index (χ1n) is 6.70. The molecular weight excluding hydrogens is 256 g/mol. The van der Waals surface area contributed by atoms with Crippen LogP contribution in [0.25, 0.3) is 0 Å². The van der Waals surface area contributed by atoms with Gasteiger partial charge in [0.1, 0.15) is 5.82 Å². The summed E-state index contributed by atoms with van der Waals surface area (Å²) in [4.78, 5) is 15.8. The summed E-state index contributed by atoms with van der Waals surface area (Å²) >= 11 is 1.67. The molecule has 0 amide bonds. The van der Waals surface area contributed by atoms with E-state index in [1.54, 1.807) is 11.3 Å². The number of piperidine rings is 1. The zero-order valence-corrected chi connectivity index (χ0v) is 11.9. The highest BCUT2D eigenvalue weighted by atomic mass is 32.1. The van der Waals surface area contributed by atoms with E-state index in [0.29, 0.717) is 5.92 Å². The van der Waals surface area contributed by atoms with Gasteiger partial charge in [0.25, 0.3) is 0 Å². The zero-order valence-electron chi connectivity index (χ0n) is 11.1. The molecule has 1 aliphatic heterocycles. The third-order valence-corrected chi connectivity index (χ3v) is 4.27. The van der Waals surface area contributed by atoms with Crippen LogP contribution in [0.5, 0.6) is 0 Å². The van der Waals surface area contributed by atoms with Gasteiger partial charge in [-0.15, -0.1) is 11.3 Å². The molecule has 3 heterocycles. The number of likely N-dealkylation sites (tertiary alicyclic amines) is 1. The molecule has 0 radical (unpaired) electrons. The van der Waals surface area contributed by atoms with Crippen molar-refractivity contribution in [1.82, 2.24) is 19.9 Å². The second kappa shape index (κ2) is 5.75. The lowest BCUT2D eigenvalue weighted by Crippen LogP contribution is -2.33. The monoisotopic (exact) mass is 274 g/mol. The van der Waals surface area contributed by atoms with E-state index in [1.807, 2.05) is 24.7 Å². The average Bonchev–Trinajstić information content (AvgIpc) is 2.92. The summed E-state index contributed by atoms with van der Waals surface area (Å²) in [5, 5.41) is 2.13. The van der Waals surface area contributed by atoms with Gasteiger partial charge in [-0.05, 0) is 38.9 Å². The summed E-state index contributed by atoms with van der Waals surface area (Å²) in [7, 11) is 0. The van der Waals surface area contributed by atoms with Crippen molar-refractivity contribution in [1.29, 1.82) is 0 Å². The van der Waals surface area contributed by atoms with Gasteiger partial charge in [0, 0.05) is 29.7 Å². The fourth-order valence-electron chi connectivity index (χ4n) is 2.56. The number of thiazole rings is 1. The molecule has 0 spiro atoms. The van der Waals surface area contributed by atoms with E-state index in [9.17, 15) is 0 Å². The smallest absolute Gasteiger partial charge is 0.131 e. The number of nitrogens with zero attached hydrogens (tertiary/aromatic N) is 4. The number of aryl methyl sites for hydroxylation is 1. The number of hydrogen-bond acceptors (Lipinski definition) is 5. The molecule has 0 bridgehead atoms. The minimum absolute atomic E-state index is 0.520. The maximum absolute atomic E-state index is 4.56. The standard InChI is InChI=1S/C14H18N4S/c1-11-2-5-15-14(17-11)12-3-6-18(7-4-12)8-13-9-19-10-16-13/h2,5,9-10,12H,3-4,6-8H2,1H3. The van der Waals surface area contributed by atoms with Gasteiger partial charge in [-0.1, -0.05) is 0 Å². The summed E-state index contributed by atoms with van der Waals surface area (Å²) in [5.74, 6) is 1.54. The molecule has 3 rings (SSSR count). The zero-order chi connectivity index (χ0) is 13.1. The van der Waals surface area contributed by atoms with E-state index in [4.69, 9.17) is 0 Å². The third kappa shape index (κ3) is 3.16. The minimum atomic E-state index is 0.520. The van der Waals surface area contributed by atoms with Crippen molar-refractivity contribution >= 4 is 11.3 Å². The Hall–Kier alpha value is -1.33. The maximum Gasteiger partial charge on any atom is 0.131 e. The van der Waals surface area contributed by atoms with Crippen LogP contribution in [0.15, 0.2) is 23.2 Å². The molecule has 0 aliphatic carbocycles. The summed E-state index contributed by atoms with van der Waals surface area (Å²) in [6, 6.07) is 1.96. The van der Waals surface area contributed by atoms with E-state index < -0.39 is 0 Å². The molecule has 4 nitrogen and oxygen atoms in total. The molecule has 100 valence electrons. The van der Waals surface area contributed by atoms with Crippen molar-refractivity contribution in [3.63, 3.8) is 0 Å². The predicted octanol–water partition coefficient (Wildman–Crippen LogP) is 2.62. The van der Waals surface area contributed by atoms with Gasteiger partial charge in [-0.3, -0.25) is 4.90 Å². The Balaban J connectivity index is 1.57. The van der Waals surface area contributed by atoms with E-state index in [1.165, 1.54) is 5.69 Å². The molecule has 0 unspecified atom stereocenters. The number of rotatable bonds is 3. The lowest BCUT2D eigenvalue weighted by Gasteiger charge is -2.30. The molecule has 1 saturated heterocycles. The number of hydrogen-bond donors (Lipinski definition) is 0. The van der Waals surface area contributed by atoms with Crippen LogP contribution in [-0.4, -0.2) is 32.9 Å². The van der Waals surface area contributed by atoms with Crippen LogP contribution in [-0.2, 0) is 6.54 Å². The van der Waals surface area contributed by atoms with Gasteiger partial charge in [-0.25, -0.2) is 15.0 Å². The first-order valence-corrected chi connectivity index (χ1v) is 7.64. The highest BCUT2D eigenvalue weighted by molar-refractivity contribution is 7.07. The Morgan fingerprint density at radius 1 is 1.32 bits per heavy atom. The Morgan fingerprint density at radius 2 is 2.16 bits per heavy atom. The lowest BCUT2D eigenvalue weighted by molar-refractivity contribution is 0.200. The van der Waals surface area contributed by atoms with Crippen molar-refractivity contribution in [2.45, 2.75) is 32.2 Å². The molecule has 19 heavy (non-hydrogen) atoms. The van der Waals surface area contributed by atoms with Gasteiger partial charge >= 0.3 is 0 Å². The van der Waals surface area contributed by atoms with Crippen molar-refractivity contribution in [3.8, 4) is 0 Å². The van der Waals surface area contributed by atoms with E-state index >= 15 is 0 Å². The molecule has 5 heteroatoms. The molecule has 0 atom stereocenters. The maximum atomic E-state index is 4.56. The van der Waals surface area contributed by atoms with Crippen molar-refractivity contribution in [3.05, 3.63) is 40.4 Å². The van der Waals surface area contributed by atoms with Crippen LogP contribution < -0.4 is 0 Å². The second-order valence-electron chi connectivity index (χ2n) is 5.09. The minimum Gasteiger partial charge on any atom is -0.297 e. The fraction of sp³-hybridized carbons (Fsp3) is 0.500. The van der Waals surface area contributed by atoms with Crippen molar-refractivity contribution in [2.24, 2.45) is 0 Å². The Labute approximate surface area is 117 Å². The van der Waals surface area contributed by atoms with Crippen LogP contribution >= 0.6 is 11.3 Å². The summed E-state index contributed by atoms with van der Waals surface area (Å²) in [6.45, 7) is 5.23. The molecule has 2 aromatic rings. The van der Waals surface area contributed by atoms with Crippen molar-refractivity contribution < 1.29 is 0 Å². The first-order chi connectivity index (χ1) is 9.31. The number of aromatic nitrogens is 3. The Bertz CT molecular complexity index is 518. The average molecular weight is 274 g/mol. The molecular formula is C14H18N4S. The molecule has 0 N–H and O–H groups in total. The van der Waals surface area contributed by atoms with Crippen LogP contribution in [0, 0.1) is 6.92 Å². The highest BCUT2D eigenvalue weighted by Crippen LogP contribution is 2.26. The third-order valence-electron chi connectivity index (χ3n) is 3.64. The topological polar surface area (TPSA) is 41.9 Å². The summed E-state index contributed by atoms with van der Waals surface area (Å²) < 4.78 is 0. The SMILES string of the molecule is Cc1ccnc(C2CCN(Cc3cscn3)CC2)n1. The van der Waals surface area contributed by atoms with Gasteiger partial charge in [0.15, 0.2) is 0 Å². The highest BCUT2D eigenvalue weighted by Gasteiger charge is 2.22. The molecule has 1 aliphatic rings. The van der Waals surface area contributed by atoms with E-state index in [-0.39, 0.29) is 0 Å². The van der Waals surface area contributed by atoms with Crippen molar-refractivity contribution in [2.75, 3.05) is 13.1 Å². The van der Waals surface area contributed by atoms with Crippen LogP contribution in [0.1, 0.15) is 36.0 Å². The largest absolute Gasteiger partial charge is 0.297 e. The Kier molecular flexibility index (Phi) is 3.84. The summed E-state index contributed by atoms with van der Waals surface area (Å²) in [6.07, 6.45) is 4.17. The van der Waals surface area contributed by atoms with E-state index in [0.717, 1.165) is 44.0 Å². The van der Waals surface area contributed by atoms with E-state index in [2.05, 4.69) is 25.2 Å². The van der Waals surface area contributed by atoms with Crippen LogP contribution in [0.2, 0.25) is 0 Å². The molecule has 1 fully saturated rings. The first kappa shape index (κ1) is 12.7. The predicted molar refractivity (Wildman–Crippen MR) is 76.1 cm³/mol. The van der Waals surface area contributed by atoms with Gasteiger partial charge in [0.2, 0.25) is 0 Å². The van der Waals surface area contributed by atoms with Crippen LogP contribution in [0.4, 0.5) is 0 Å². The molecule has 0 saturated carbocycles. The quantitative estimate of drug-likeness (QED) is 0.863. The Morgan fingerprint density at radius 3 is 2.84 bits per heavy atom. The second-order valence-corrected chi connectivity index (χ2v) is 5.81. The lowest BCUT2D eigenvalue weighted by atomic mass is 9.96. The van der Waals surface area contributed by atoms with Crippen LogP contribution in [0.3, 0.4) is 0 Å². The fourth-order valence-corrected chi connectivity index (χ4v) is 3.11. The molecule has 0 aromatic carbocycles. The molecule has 2 aromatic heterocycles. The van der Waals surface area contributed by atoms with Gasteiger partial charge in [-0.2, -0.15) is 0 Å². The van der Waals surface area contributed by atoms with Gasteiger partial charge < -0.3 is 0 Å². The summed E-state index contributed by atoms with van der Waals surface area (Å²) in [5.41, 5.74) is 4.16.